The molecular weight excluding hydrogens is 356 g/mol. The van der Waals surface area contributed by atoms with Crippen molar-refractivity contribution in [3.63, 3.8) is 0 Å². The van der Waals surface area contributed by atoms with Gasteiger partial charge < -0.3 is 0 Å². The second kappa shape index (κ2) is 8.51. The number of hydrogen-bond acceptors (Lipinski definition) is 3. The molecular formula is C23H24O3S. The van der Waals surface area contributed by atoms with E-state index in [0.717, 1.165) is 16.7 Å². The molecule has 1 atom stereocenters. The van der Waals surface area contributed by atoms with Gasteiger partial charge in [-0.2, -0.15) is 8.42 Å². The fraction of sp³-hybridized carbons (Fsp3) is 0.217. The molecule has 3 rings (SSSR count). The molecule has 0 aliphatic heterocycles. The van der Waals surface area contributed by atoms with Crippen LogP contribution in [0, 0.1) is 6.92 Å². The van der Waals surface area contributed by atoms with Gasteiger partial charge in [-0.25, -0.2) is 0 Å². The summed E-state index contributed by atoms with van der Waals surface area (Å²) in [5.41, 5.74) is 3.30. The minimum Gasteiger partial charge on any atom is -0.263 e. The molecule has 0 amide bonds. The molecule has 140 valence electrons. The van der Waals surface area contributed by atoms with Gasteiger partial charge in [-0.05, 0) is 43.5 Å². The summed E-state index contributed by atoms with van der Waals surface area (Å²) in [6, 6.07) is 27.0. The van der Waals surface area contributed by atoms with Gasteiger partial charge in [-0.3, -0.25) is 4.18 Å². The third-order valence-corrected chi connectivity index (χ3v) is 6.00. The molecule has 4 heteroatoms. The van der Waals surface area contributed by atoms with E-state index in [0.29, 0.717) is 6.42 Å². The van der Waals surface area contributed by atoms with E-state index in [1.807, 2.05) is 50.2 Å². The Balaban J connectivity index is 1.80. The van der Waals surface area contributed by atoms with Gasteiger partial charge in [0.1, 0.15) is 0 Å². The molecule has 0 spiro atoms. The van der Waals surface area contributed by atoms with Crippen molar-refractivity contribution < 1.29 is 12.6 Å². The Hall–Kier alpha value is -2.43. The maximum absolute atomic E-state index is 12.6. The minimum absolute atomic E-state index is 0.0654. The van der Waals surface area contributed by atoms with Crippen molar-refractivity contribution in [1.82, 2.24) is 0 Å². The molecule has 27 heavy (non-hydrogen) atoms. The van der Waals surface area contributed by atoms with Crippen LogP contribution in [0.15, 0.2) is 89.8 Å². The molecule has 0 saturated heterocycles. The first-order chi connectivity index (χ1) is 13.0. The first-order valence-corrected chi connectivity index (χ1v) is 10.5. The Bertz CT molecular complexity index is 910. The number of aryl methyl sites for hydroxylation is 1. The zero-order valence-electron chi connectivity index (χ0n) is 15.6. The molecule has 0 unspecified atom stereocenters. The van der Waals surface area contributed by atoms with Crippen LogP contribution < -0.4 is 0 Å². The molecule has 0 aromatic heterocycles. The molecule has 0 heterocycles. The van der Waals surface area contributed by atoms with Crippen LogP contribution in [0.25, 0.3) is 0 Å². The number of hydrogen-bond donors (Lipinski definition) is 0. The Morgan fingerprint density at radius 3 is 1.74 bits per heavy atom. The largest absolute Gasteiger partial charge is 0.297 e. The fourth-order valence-corrected chi connectivity index (χ4v) is 4.27. The lowest BCUT2D eigenvalue weighted by Crippen LogP contribution is -2.19. The van der Waals surface area contributed by atoms with Gasteiger partial charge in [0.2, 0.25) is 0 Å². The third kappa shape index (κ3) is 5.06. The average molecular weight is 381 g/mol. The average Bonchev–Trinajstić information content (AvgIpc) is 2.67. The van der Waals surface area contributed by atoms with Gasteiger partial charge in [0.25, 0.3) is 10.1 Å². The molecule has 0 N–H and O–H groups in total. The van der Waals surface area contributed by atoms with Gasteiger partial charge in [0.05, 0.1) is 11.0 Å². The summed E-state index contributed by atoms with van der Waals surface area (Å²) in [6.07, 6.45) is 0.112. The molecule has 0 aliphatic carbocycles. The Morgan fingerprint density at radius 2 is 1.26 bits per heavy atom. The van der Waals surface area contributed by atoms with E-state index in [4.69, 9.17) is 4.18 Å². The normalized spacial score (nSPS) is 12.9. The zero-order valence-corrected chi connectivity index (χ0v) is 16.4. The Labute approximate surface area is 161 Å². The van der Waals surface area contributed by atoms with Crippen molar-refractivity contribution >= 4 is 10.1 Å². The van der Waals surface area contributed by atoms with Gasteiger partial charge >= 0.3 is 0 Å². The maximum Gasteiger partial charge on any atom is 0.297 e. The summed E-state index contributed by atoms with van der Waals surface area (Å²) in [7, 11) is -3.79. The Kier molecular flexibility index (Phi) is 6.09. The summed E-state index contributed by atoms with van der Waals surface area (Å²) in [6.45, 7) is 3.73. The number of benzene rings is 3. The van der Waals surface area contributed by atoms with Crippen LogP contribution in [-0.2, 0) is 14.3 Å². The molecule has 0 saturated carbocycles. The van der Waals surface area contributed by atoms with Crippen LogP contribution in [0.3, 0.4) is 0 Å². The predicted molar refractivity (Wildman–Crippen MR) is 108 cm³/mol. The number of rotatable bonds is 7. The van der Waals surface area contributed by atoms with Crippen molar-refractivity contribution in [2.75, 3.05) is 0 Å². The highest BCUT2D eigenvalue weighted by molar-refractivity contribution is 7.86. The van der Waals surface area contributed by atoms with Gasteiger partial charge in [-0.1, -0.05) is 78.4 Å². The highest BCUT2D eigenvalue weighted by atomic mass is 32.2. The lowest BCUT2D eigenvalue weighted by atomic mass is 9.87. The summed E-state index contributed by atoms with van der Waals surface area (Å²) in [5, 5.41) is 0. The van der Waals surface area contributed by atoms with Crippen molar-refractivity contribution in [3.8, 4) is 0 Å². The standard InChI is InChI=1S/C23H24O3S/c1-18-13-15-22(16-14-18)27(24,25)26-19(2)17-23(20-9-5-3-6-10-20)21-11-7-4-8-12-21/h3-16,19,23H,17H2,1-2H3/t19-/m0/s1. The van der Waals surface area contributed by atoms with E-state index >= 15 is 0 Å². The second-order valence-electron chi connectivity index (χ2n) is 6.78. The molecule has 3 nitrogen and oxygen atoms in total. The predicted octanol–water partition coefficient (Wildman–Crippen LogP) is 5.31. The van der Waals surface area contributed by atoms with Crippen LogP contribution in [-0.4, -0.2) is 14.5 Å². The third-order valence-electron chi connectivity index (χ3n) is 4.57. The van der Waals surface area contributed by atoms with E-state index in [2.05, 4.69) is 24.3 Å². The van der Waals surface area contributed by atoms with Crippen LogP contribution in [0.5, 0.6) is 0 Å². The zero-order chi connectivity index (χ0) is 19.3. The quantitative estimate of drug-likeness (QED) is 0.522. The van der Waals surface area contributed by atoms with Crippen LogP contribution >= 0.6 is 0 Å². The van der Waals surface area contributed by atoms with E-state index in [9.17, 15) is 8.42 Å². The highest BCUT2D eigenvalue weighted by Gasteiger charge is 2.23. The van der Waals surface area contributed by atoms with Crippen molar-refractivity contribution in [2.24, 2.45) is 0 Å². The van der Waals surface area contributed by atoms with Gasteiger partial charge in [0, 0.05) is 5.92 Å². The summed E-state index contributed by atoms with van der Waals surface area (Å²) >= 11 is 0. The minimum atomic E-state index is -3.79. The molecule has 0 fully saturated rings. The van der Waals surface area contributed by atoms with Crippen molar-refractivity contribution in [3.05, 3.63) is 102 Å². The summed E-state index contributed by atoms with van der Waals surface area (Å²) in [4.78, 5) is 0.191. The molecule has 0 aliphatic rings. The van der Waals surface area contributed by atoms with E-state index in [-0.39, 0.29) is 10.8 Å². The molecule has 3 aromatic carbocycles. The summed E-state index contributed by atoms with van der Waals surface area (Å²) in [5.74, 6) is 0.0654. The molecule has 0 radical (unpaired) electrons. The lowest BCUT2D eigenvalue weighted by Gasteiger charge is -2.22. The lowest BCUT2D eigenvalue weighted by molar-refractivity contribution is 0.212. The van der Waals surface area contributed by atoms with Gasteiger partial charge in [-0.15, -0.1) is 0 Å². The van der Waals surface area contributed by atoms with Crippen molar-refractivity contribution in [1.29, 1.82) is 0 Å². The van der Waals surface area contributed by atoms with Crippen LogP contribution in [0.4, 0.5) is 0 Å². The molecule has 3 aromatic rings. The topological polar surface area (TPSA) is 43.4 Å². The van der Waals surface area contributed by atoms with E-state index in [1.165, 1.54) is 0 Å². The second-order valence-corrected chi connectivity index (χ2v) is 8.36. The first kappa shape index (κ1) is 19.3. The van der Waals surface area contributed by atoms with Crippen LogP contribution in [0.1, 0.15) is 36.0 Å². The van der Waals surface area contributed by atoms with Crippen molar-refractivity contribution in [2.45, 2.75) is 37.2 Å². The highest BCUT2D eigenvalue weighted by Crippen LogP contribution is 2.30. The van der Waals surface area contributed by atoms with E-state index in [1.54, 1.807) is 24.3 Å². The first-order valence-electron chi connectivity index (χ1n) is 9.05. The summed E-state index contributed by atoms with van der Waals surface area (Å²) < 4.78 is 30.7. The Morgan fingerprint density at radius 1 is 0.778 bits per heavy atom. The SMILES string of the molecule is Cc1ccc(S(=O)(=O)O[C@@H](C)CC(c2ccccc2)c2ccccc2)cc1. The smallest absolute Gasteiger partial charge is 0.263 e. The maximum atomic E-state index is 12.6. The molecule has 0 bridgehead atoms. The fourth-order valence-electron chi connectivity index (χ4n) is 3.18. The van der Waals surface area contributed by atoms with Gasteiger partial charge in [0.15, 0.2) is 0 Å². The van der Waals surface area contributed by atoms with Crippen LogP contribution in [0.2, 0.25) is 0 Å². The van der Waals surface area contributed by atoms with E-state index < -0.39 is 16.2 Å². The monoisotopic (exact) mass is 380 g/mol.